The first kappa shape index (κ1) is 12.7. The molecular formula is C13H19NO2. The van der Waals surface area contributed by atoms with Gasteiger partial charge in [-0.3, -0.25) is 4.79 Å². The summed E-state index contributed by atoms with van der Waals surface area (Å²) in [6.07, 6.45) is 0. The zero-order chi connectivity index (χ0) is 12.2. The number of rotatable bonds is 5. The van der Waals surface area contributed by atoms with Crippen LogP contribution in [0.4, 0.5) is 0 Å². The lowest BCUT2D eigenvalue weighted by atomic mass is 9.94. The second-order valence-electron chi connectivity index (χ2n) is 4.72. The van der Waals surface area contributed by atoms with E-state index in [0.717, 1.165) is 0 Å². The smallest absolute Gasteiger partial charge is 0.310 e. The van der Waals surface area contributed by atoms with Crippen LogP contribution in [0.3, 0.4) is 0 Å². The van der Waals surface area contributed by atoms with E-state index in [2.05, 4.69) is 24.4 Å². The zero-order valence-corrected chi connectivity index (χ0v) is 10.1. The highest BCUT2D eigenvalue weighted by molar-refractivity contribution is 5.73. The third kappa shape index (κ3) is 3.35. The summed E-state index contributed by atoms with van der Waals surface area (Å²) >= 11 is 0. The van der Waals surface area contributed by atoms with Crippen LogP contribution in [0.2, 0.25) is 0 Å². The average molecular weight is 221 g/mol. The van der Waals surface area contributed by atoms with Gasteiger partial charge in [-0.05, 0) is 31.9 Å². The second kappa shape index (κ2) is 5.12. The summed E-state index contributed by atoms with van der Waals surface area (Å²) in [5.74, 6) is -0.773. The van der Waals surface area contributed by atoms with Crippen molar-refractivity contribution in [3.8, 4) is 0 Å². The monoisotopic (exact) mass is 221 g/mol. The summed E-state index contributed by atoms with van der Waals surface area (Å²) in [6, 6.07) is 8.10. The Morgan fingerprint density at radius 2 is 2.00 bits per heavy atom. The first-order valence-electron chi connectivity index (χ1n) is 5.42. The highest BCUT2D eigenvalue weighted by Crippen LogP contribution is 2.14. The normalized spacial score (nSPS) is 11.4. The Bertz CT molecular complexity index is 372. The summed E-state index contributed by atoms with van der Waals surface area (Å²) in [5, 5.41) is 12.1. The fourth-order valence-corrected chi connectivity index (χ4v) is 1.39. The maximum Gasteiger partial charge on any atom is 0.310 e. The molecule has 0 fully saturated rings. The van der Waals surface area contributed by atoms with Crippen molar-refractivity contribution in [2.45, 2.75) is 27.3 Å². The van der Waals surface area contributed by atoms with Gasteiger partial charge in [0.05, 0.1) is 5.41 Å². The Morgan fingerprint density at radius 1 is 1.38 bits per heavy atom. The van der Waals surface area contributed by atoms with Gasteiger partial charge < -0.3 is 10.4 Å². The second-order valence-corrected chi connectivity index (χ2v) is 4.72. The molecule has 1 rings (SSSR count). The highest BCUT2D eigenvalue weighted by Gasteiger charge is 2.26. The fourth-order valence-electron chi connectivity index (χ4n) is 1.39. The van der Waals surface area contributed by atoms with Crippen LogP contribution in [0.25, 0.3) is 0 Å². The molecule has 16 heavy (non-hydrogen) atoms. The molecule has 2 N–H and O–H groups in total. The van der Waals surface area contributed by atoms with Crippen molar-refractivity contribution in [1.82, 2.24) is 5.32 Å². The van der Waals surface area contributed by atoms with Crippen LogP contribution >= 0.6 is 0 Å². The molecule has 0 aromatic heterocycles. The fraction of sp³-hybridized carbons (Fsp3) is 0.462. The molecule has 3 heteroatoms. The van der Waals surface area contributed by atoms with E-state index < -0.39 is 11.4 Å². The Kier molecular flexibility index (Phi) is 4.07. The molecule has 0 radical (unpaired) electrons. The lowest BCUT2D eigenvalue weighted by molar-refractivity contribution is -0.146. The van der Waals surface area contributed by atoms with E-state index in [1.54, 1.807) is 13.8 Å². The number of aliphatic carboxylic acids is 1. The Balaban J connectivity index is 2.48. The molecule has 1 aromatic carbocycles. The van der Waals surface area contributed by atoms with Crippen LogP contribution in [0, 0.1) is 12.3 Å². The maximum absolute atomic E-state index is 10.9. The van der Waals surface area contributed by atoms with Gasteiger partial charge in [-0.25, -0.2) is 0 Å². The number of carboxylic acids is 1. The number of hydrogen-bond acceptors (Lipinski definition) is 2. The first-order chi connectivity index (χ1) is 7.43. The van der Waals surface area contributed by atoms with E-state index in [4.69, 9.17) is 5.11 Å². The molecule has 0 saturated heterocycles. The number of aryl methyl sites for hydroxylation is 1. The van der Waals surface area contributed by atoms with E-state index >= 15 is 0 Å². The average Bonchev–Trinajstić information content (AvgIpc) is 2.20. The standard InChI is InChI=1S/C13H19NO2/c1-10-6-4-5-7-11(10)8-14-9-13(2,3)12(15)16/h4-7,14H,8-9H2,1-3H3,(H,15,16). The minimum Gasteiger partial charge on any atom is -0.481 e. The van der Waals surface area contributed by atoms with E-state index in [-0.39, 0.29) is 0 Å². The van der Waals surface area contributed by atoms with Crippen molar-refractivity contribution in [3.05, 3.63) is 35.4 Å². The molecule has 0 heterocycles. The predicted octanol–water partition coefficient (Wildman–Crippen LogP) is 2.20. The molecule has 0 bridgehead atoms. The van der Waals surface area contributed by atoms with Crippen molar-refractivity contribution < 1.29 is 9.90 Å². The number of hydrogen-bond donors (Lipinski definition) is 2. The number of carboxylic acid groups (broad SMARTS) is 1. The third-order valence-electron chi connectivity index (χ3n) is 2.72. The Labute approximate surface area is 96.5 Å². The van der Waals surface area contributed by atoms with Crippen molar-refractivity contribution in [3.63, 3.8) is 0 Å². The largest absolute Gasteiger partial charge is 0.481 e. The van der Waals surface area contributed by atoms with Gasteiger partial charge >= 0.3 is 5.97 Å². The first-order valence-corrected chi connectivity index (χ1v) is 5.42. The number of carbonyl (C=O) groups is 1. The van der Waals surface area contributed by atoms with Crippen LogP contribution in [0.1, 0.15) is 25.0 Å². The SMILES string of the molecule is Cc1ccccc1CNCC(C)(C)C(=O)O. The molecule has 0 atom stereocenters. The lowest BCUT2D eigenvalue weighted by Crippen LogP contribution is -2.35. The predicted molar refractivity (Wildman–Crippen MR) is 64.3 cm³/mol. The minimum absolute atomic E-state index is 0.469. The van der Waals surface area contributed by atoms with E-state index in [1.165, 1.54) is 11.1 Å². The molecule has 0 saturated carbocycles. The van der Waals surface area contributed by atoms with Gasteiger partial charge in [0.2, 0.25) is 0 Å². The summed E-state index contributed by atoms with van der Waals surface area (Å²) in [6.45, 7) is 6.68. The molecule has 0 amide bonds. The quantitative estimate of drug-likeness (QED) is 0.801. The lowest BCUT2D eigenvalue weighted by Gasteiger charge is -2.19. The Morgan fingerprint density at radius 3 is 2.56 bits per heavy atom. The van der Waals surface area contributed by atoms with Gasteiger partial charge in [0.15, 0.2) is 0 Å². The summed E-state index contributed by atoms with van der Waals surface area (Å²) < 4.78 is 0. The zero-order valence-electron chi connectivity index (χ0n) is 10.1. The number of nitrogens with one attached hydrogen (secondary N) is 1. The van der Waals surface area contributed by atoms with E-state index in [9.17, 15) is 4.79 Å². The van der Waals surface area contributed by atoms with Crippen molar-refractivity contribution in [1.29, 1.82) is 0 Å². The van der Waals surface area contributed by atoms with Crippen molar-refractivity contribution in [2.75, 3.05) is 6.54 Å². The molecule has 88 valence electrons. The highest BCUT2D eigenvalue weighted by atomic mass is 16.4. The third-order valence-corrected chi connectivity index (χ3v) is 2.72. The molecule has 0 aliphatic carbocycles. The maximum atomic E-state index is 10.9. The van der Waals surface area contributed by atoms with Gasteiger partial charge in [0, 0.05) is 13.1 Å². The van der Waals surface area contributed by atoms with Crippen LogP contribution in [0.15, 0.2) is 24.3 Å². The van der Waals surface area contributed by atoms with Gasteiger partial charge in [-0.1, -0.05) is 24.3 Å². The summed E-state index contributed by atoms with van der Waals surface area (Å²) in [4.78, 5) is 10.9. The molecule has 0 aliphatic heterocycles. The van der Waals surface area contributed by atoms with E-state index in [0.29, 0.717) is 13.1 Å². The Hall–Kier alpha value is -1.35. The summed E-state index contributed by atoms with van der Waals surface area (Å²) in [7, 11) is 0. The minimum atomic E-state index is -0.773. The van der Waals surface area contributed by atoms with Gasteiger partial charge in [0.25, 0.3) is 0 Å². The number of benzene rings is 1. The van der Waals surface area contributed by atoms with Gasteiger partial charge in [-0.15, -0.1) is 0 Å². The molecule has 0 spiro atoms. The van der Waals surface area contributed by atoms with Gasteiger partial charge in [-0.2, -0.15) is 0 Å². The topological polar surface area (TPSA) is 49.3 Å². The molecule has 3 nitrogen and oxygen atoms in total. The van der Waals surface area contributed by atoms with Crippen molar-refractivity contribution >= 4 is 5.97 Å². The van der Waals surface area contributed by atoms with Crippen molar-refractivity contribution in [2.24, 2.45) is 5.41 Å². The molecule has 0 aliphatic rings. The molecule has 1 aromatic rings. The van der Waals surface area contributed by atoms with Crippen LogP contribution in [-0.4, -0.2) is 17.6 Å². The summed E-state index contributed by atoms with van der Waals surface area (Å²) in [5.41, 5.74) is 1.72. The van der Waals surface area contributed by atoms with Gasteiger partial charge in [0.1, 0.15) is 0 Å². The van der Waals surface area contributed by atoms with Crippen LogP contribution < -0.4 is 5.32 Å². The van der Waals surface area contributed by atoms with E-state index in [1.807, 2.05) is 12.1 Å². The molecule has 0 unspecified atom stereocenters. The van der Waals surface area contributed by atoms with Crippen LogP contribution in [0.5, 0.6) is 0 Å². The van der Waals surface area contributed by atoms with Crippen LogP contribution in [-0.2, 0) is 11.3 Å². The molecular weight excluding hydrogens is 202 g/mol.